The van der Waals surface area contributed by atoms with Crippen molar-refractivity contribution in [2.75, 3.05) is 11.9 Å². The molecule has 8 heteroatoms. The molecule has 1 aliphatic rings. The third kappa shape index (κ3) is 4.13. The van der Waals surface area contributed by atoms with Crippen molar-refractivity contribution in [3.8, 4) is 5.75 Å². The van der Waals surface area contributed by atoms with Crippen LogP contribution in [0.1, 0.15) is 43.7 Å². The van der Waals surface area contributed by atoms with E-state index in [0.29, 0.717) is 34.2 Å². The standard InChI is InChI=1S/C23H18ClN3O4/c1-2-31-16-7-8-17-18(12-16)23(30)27(22(17)29)13-14-11-15(24)6-9-19(14)26-21(28)20-5-3-4-10-25-20/h3-12H,2,13H2,1H3,(H,26,28). The fourth-order valence-corrected chi connectivity index (χ4v) is 3.53. The quantitative estimate of drug-likeness (QED) is 0.587. The first-order valence-corrected chi connectivity index (χ1v) is 9.99. The van der Waals surface area contributed by atoms with Gasteiger partial charge in [0.1, 0.15) is 11.4 Å². The van der Waals surface area contributed by atoms with Gasteiger partial charge in [-0.15, -0.1) is 0 Å². The predicted octanol–water partition coefficient (Wildman–Crippen LogP) is 4.18. The number of nitrogens with zero attached hydrogens (tertiary/aromatic N) is 2. The van der Waals surface area contributed by atoms with E-state index < -0.39 is 17.7 Å². The molecule has 2 aromatic carbocycles. The monoisotopic (exact) mass is 435 g/mol. The molecule has 0 spiro atoms. The zero-order chi connectivity index (χ0) is 22.0. The maximum Gasteiger partial charge on any atom is 0.274 e. The van der Waals surface area contributed by atoms with Gasteiger partial charge in [-0.05, 0) is 61.0 Å². The summed E-state index contributed by atoms with van der Waals surface area (Å²) in [6, 6.07) is 14.7. The number of hydrogen-bond acceptors (Lipinski definition) is 5. The summed E-state index contributed by atoms with van der Waals surface area (Å²) in [5.74, 6) is -0.725. The predicted molar refractivity (Wildman–Crippen MR) is 115 cm³/mol. The van der Waals surface area contributed by atoms with Gasteiger partial charge in [-0.2, -0.15) is 0 Å². The van der Waals surface area contributed by atoms with E-state index in [1.165, 1.54) is 6.20 Å². The number of hydrogen-bond donors (Lipinski definition) is 1. The topological polar surface area (TPSA) is 88.6 Å². The minimum absolute atomic E-state index is 0.0469. The lowest BCUT2D eigenvalue weighted by molar-refractivity contribution is 0.0642. The summed E-state index contributed by atoms with van der Waals surface area (Å²) >= 11 is 6.14. The number of benzene rings is 2. The van der Waals surface area contributed by atoms with Gasteiger partial charge in [-0.25, -0.2) is 0 Å². The van der Waals surface area contributed by atoms with Gasteiger partial charge >= 0.3 is 0 Å². The van der Waals surface area contributed by atoms with Gasteiger partial charge in [0.25, 0.3) is 17.7 Å². The second kappa shape index (κ2) is 8.57. The van der Waals surface area contributed by atoms with E-state index in [0.717, 1.165) is 4.90 Å². The number of carbonyl (C=O) groups excluding carboxylic acids is 3. The van der Waals surface area contributed by atoms with Gasteiger partial charge in [-0.3, -0.25) is 24.3 Å². The summed E-state index contributed by atoms with van der Waals surface area (Å²) in [6.45, 7) is 2.24. The molecule has 1 N–H and O–H groups in total. The largest absolute Gasteiger partial charge is 0.494 e. The Balaban J connectivity index is 1.61. The average Bonchev–Trinajstić information content (AvgIpc) is 3.01. The van der Waals surface area contributed by atoms with Crippen molar-refractivity contribution in [1.82, 2.24) is 9.88 Å². The minimum Gasteiger partial charge on any atom is -0.494 e. The lowest BCUT2D eigenvalue weighted by Gasteiger charge is -2.17. The van der Waals surface area contributed by atoms with Crippen LogP contribution in [0.5, 0.6) is 5.75 Å². The third-order valence-corrected chi connectivity index (χ3v) is 5.03. The molecule has 0 atom stereocenters. The summed E-state index contributed by atoms with van der Waals surface area (Å²) in [7, 11) is 0. The van der Waals surface area contributed by atoms with E-state index >= 15 is 0 Å². The number of carbonyl (C=O) groups is 3. The van der Waals surface area contributed by atoms with Crippen molar-refractivity contribution in [2.45, 2.75) is 13.5 Å². The molecule has 0 aliphatic carbocycles. The Labute approximate surface area is 183 Å². The van der Waals surface area contributed by atoms with Crippen LogP contribution in [-0.2, 0) is 6.54 Å². The Bertz CT molecular complexity index is 1180. The zero-order valence-corrected chi connectivity index (χ0v) is 17.3. The molecule has 0 saturated carbocycles. The third-order valence-electron chi connectivity index (χ3n) is 4.79. The Morgan fingerprint density at radius 1 is 1.06 bits per heavy atom. The van der Waals surface area contributed by atoms with Crippen molar-refractivity contribution in [1.29, 1.82) is 0 Å². The van der Waals surface area contributed by atoms with Crippen molar-refractivity contribution < 1.29 is 19.1 Å². The average molecular weight is 436 g/mol. The number of imide groups is 1. The first-order valence-electron chi connectivity index (χ1n) is 9.61. The van der Waals surface area contributed by atoms with Crippen molar-refractivity contribution in [3.05, 3.63) is 88.2 Å². The van der Waals surface area contributed by atoms with E-state index in [-0.39, 0.29) is 17.8 Å². The SMILES string of the molecule is CCOc1ccc2c(c1)C(=O)N(Cc1cc(Cl)ccc1NC(=O)c1ccccn1)C2=O. The summed E-state index contributed by atoms with van der Waals surface area (Å²) in [4.78, 5) is 43.5. The second-order valence-electron chi connectivity index (χ2n) is 6.81. The molecular weight excluding hydrogens is 418 g/mol. The van der Waals surface area contributed by atoms with Crippen LogP contribution in [0.15, 0.2) is 60.8 Å². The second-order valence-corrected chi connectivity index (χ2v) is 7.24. The summed E-state index contributed by atoms with van der Waals surface area (Å²) in [6.07, 6.45) is 1.52. The highest BCUT2D eigenvalue weighted by atomic mass is 35.5. The molecule has 0 fully saturated rings. The summed E-state index contributed by atoms with van der Waals surface area (Å²) in [5, 5.41) is 3.19. The van der Waals surface area contributed by atoms with E-state index in [9.17, 15) is 14.4 Å². The van der Waals surface area contributed by atoms with Gasteiger partial charge in [0.2, 0.25) is 0 Å². The van der Waals surface area contributed by atoms with E-state index in [2.05, 4.69) is 10.3 Å². The van der Waals surface area contributed by atoms with Gasteiger partial charge < -0.3 is 10.1 Å². The molecule has 1 aliphatic heterocycles. The van der Waals surface area contributed by atoms with Crippen molar-refractivity contribution in [3.63, 3.8) is 0 Å². The molecular formula is C23H18ClN3O4. The molecule has 2 heterocycles. The highest BCUT2D eigenvalue weighted by Crippen LogP contribution is 2.30. The van der Waals surface area contributed by atoms with Crippen LogP contribution in [0.25, 0.3) is 0 Å². The number of rotatable bonds is 6. The van der Waals surface area contributed by atoms with Crippen LogP contribution in [-0.4, -0.2) is 34.2 Å². The van der Waals surface area contributed by atoms with Gasteiger partial charge in [0, 0.05) is 16.9 Å². The maximum absolute atomic E-state index is 12.9. The van der Waals surface area contributed by atoms with Gasteiger partial charge in [0.05, 0.1) is 24.3 Å². The first-order chi connectivity index (χ1) is 15.0. The fourth-order valence-electron chi connectivity index (χ4n) is 3.34. The summed E-state index contributed by atoms with van der Waals surface area (Å²) < 4.78 is 5.44. The number of pyridine rings is 1. The van der Waals surface area contributed by atoms with Crippen LogP contribution in [0.3, 0.4) is 0 Å². The molecule has 3 amide bonds. The molecule has 7 nitrogen and oxygen atoms in total. The van der Waals surface area contributed by atoms with E-state index in [4.69, 9.17) is 16.3 Å². The molecule has 0 radical (unpaired) electrons. The van der Waals surface area contributed by atoms with Crippen LogP contribution in [0, 0.1) is 0 Å². The number of ether oxygens (including phenoxy) is 1. The molecule has 156 valence electrons. The van der Waals surface area contributed by atoms with Crippen molar-refractivity contribution in [2.24, 2.45) is 0 Å². The Morgan fingerprint density at radius 2 is 1.87 bits per heavy atom. The number of aromatic nitrogens is 1. The maximum atomic E-state index is 12.9. The Morgan fingerprint density at radius 3 is 2.61 bits per heavy atom. The molecule has 0 saturated heterocycles. The highest BCUT2D eigenvalue weighted by Gasteiger charge is 2.36. The minimum atomic E-state index is -0.427. The van der Waals surface area contributed by atoms with Gasteiger partial charge in [0.15, 0.2) is 0 Å². The van der Waals surface area contributed by atoms with Crippen LogP contribution in [0.4, 0.5) is 5.69 Å². The lowest BCUT2D eigenvalue weighted by Crippen LogP contribution is -2.29. The lowest BCUT2D eigenvalue weighted by atomic mass is 10.1. The molecule has 3 aromatic rings. The van der Waals surface area contributed by atoms with E-state index in [1.54, 1.807) is 54.6 Å². The molecule has 0 unspecified atom stereocenters. The normalized spacial score (nSPS) is 12.6. The summed E-state index contributed by atoms with van der Waals surface area (Å²) in [5.41, 5.74) is 1.81. The van der Waals surface area contributed by atoms with Crippen LogP contribution < -0.4 is 10.1 Å². The molecule has 4 rings (SSSR count). The Hall–Kier alpha value is -3.71. The first kappa shape index (κ1) is 20.6. The smallest absolute Gasteiger partial charge is 0.274 e. The molecule has 31 heavy (non-hydrogen) atoms. The number of halogens is 1. The highest BCUT2D eigenvalue weighted by molar-refractivity contribution is 6.30. The van der Waals surface area contributed by atoms with Gasteiger partial charge in [-0.1, -0.05) is 17.7 Å². The molecule has 1 aromatic heterocycles. The van der Waals surface area contributed by atoms with Crippen molar-refractivity contribution >= 4 is 35.0 Å². The number of fused-ring (bicyclic) bond motifs is 1. The number of anilines is 1. The van der Waals surface area contributed by atoms with E-state index in [1.807, 2.05) is 6.92 Å². The number of nitrogens with one attached hydrogen (secondary N) is 1. The van der Waals surface area contributed by atoms with Crippen LogP contribution in [0.2, 0.25) is 5.02 Å². The fraction of sp³-hybridized carbons (Fsp3) is 0.130. The zero-order valence-electron chi connectivity index (χ0n) is 16.6. The molecule has 0 bridgehead atoms. The number of amides is 3. The van der Waals surface area contributed by atoms with Crippen LogP contribution >= 0.6 is 11.6 Å². The Kier molecular flexibility index (Phi) is 5.68.